The second-order valence-corrected chi connectivity index (χ2v) is 6.46. The van der Waals surface area contributed by atoms with Crippen molar-refractivity contribution in [3.63, 3.8) is 0 Å². The van der Waals surface area contributed by atoms with Crippen LogP contribution in [0.25, 0.3) is 23.0 Å². The van der Waals surface area contributed by atoms with Crippen LogP contribution in [0.2, 0.25) is 0 Å². The largest absolute Gasteiger partial charge is 0.332 e. The minimum atomic E-state index is 0.516. The number of aromatic nitrogens is 4. The van der Waals surface area contributed by atoms with Crippen LogP contribution in [0.1, 0.15) is 36.1 Å². The van der Waals surface area contributed by atoms with E-state index in [1.54, 1.807) is 0 Å². The molecule has 0 bridgehead atoms. The van der Waals surface area contributed by atoms with Gasteiger partial charge in [0.25, 0.3) is 5.89 Å². The van der Waals surface area contributed by atoms with Crippen LogP contribution in [0.5, 0.6) is 0 Å². The van der Waals surface area contributed by atoms with Crippen LogP contribution in [-0.2, 0) is 25.8 Å². The Bertz CT molecular complexity index is 854. The van der Waals surface area contributed by atoms with Gasteiger partial charge in [0.05, 0.1) is 0 Å². The molecule has 2 aromatic heterocycles. The van der Waals surface area contributed by atoms with Gasteiger partial charge in [-0.1, -0.05) is 17.3 Å². The van der Waals surface area contributed by atoms with Crippen LogP contribution in [-0.4, -0.2) is 19.9 Å². The molecule has 116 valence electrons. The molecule has 23 heavy (non-hydrogen) atoms. The second kappa shape index (κ2) is 5.05. The van der Waals surface area contributed by atoms with E-state index in [1.807, 2.05) is 0 Å². The van der Waals surface area contributed by atoms with Crippen LogP contribution in [0.3, 0.4) is 0 Å². The van der Waals surface area contributed by atoms with E-state index in [0.29, 0.717) is 11.7 Å². The van der Waals surface area contributed by atoms with Crippen LogP contribution in [0.15, 0.2) is 28.8 Å². The fourth-order valence-corrected chi connectivity index (χ4v) is 3.68. The zero-order valence-corrected chi connectivity index (χ0v) is 13.0. The van der Waals surface area contributed by atoms with E-state index in [9.17, 15) is 0 Å². The highest BCUT2D eigenvalue weighted by Gasteiger charge is 2.19. The highest BCUT2D eigenvalue weighted by atomic mass is 16.5. The molecule has 0 saturated heterocycles. The first-order valence-electron chi connectivity index (χ1n) is 8.40. The molecule has 0 fully saturated rings. The molecule has 0 N–H and O–H groups in total. The summed E-state index contributed by atoms with van der Waals surface area (Å²) in [6.45, 7) is 0.987. The first-order chi connectivity index (χ1) is 11.4. The monoisotopic (exact) mass is 306 g/mol. The molecule has 0 unspecified atom stereocenters. The molecular weight excluding hydrogens is 288 g/mol. The quantitative estimate of drug-likeness (QED) is 0.728. The summed E-state index contributed by atoms with van der Waals surface area (Å²) in [5.41, 5.74) is 5.97. The average Bonchev–Trinajstić information content (AvgIpc) is 3.31. The lowest BCUT2D eigenvalue weighted by atomic mass is 10.1. The van der Waals surface area contributed by atoms with Gasteiger partial charge in [0, 0.05) is 17.8 Å². The highest BCUT2D eigenvalue weighted by Crippen LogP contribution is 2.28. The summed E-state index contributed by atoms with van der Waals surface area (Å²) >= 11 is 0. The van der Waals surface area contributed by atoms with E-state index in [4.69, 9.17) is 4.52 Å². The van der Waals surface area contributed by atoms with E-state index in [0.717, 1.165) is 30.6 Å². The number of hydrogen-bond acceptors (Lipinski definition) is 4. The van der Waals surface area contributed by atoms with Crippen LogP contribution >= 0.6 is 0 Å². The van der Waals surface area contributed by atoms with Crippen LogP contribution in [0.4, 0.5) is 0 Å². The summed E-state index contributed by atoms with van der Waals surface area (Å²) < 4.78 is 7.53. The minimum absolute atomic E-state index is 0.516. The molecular formula is C18H18N4O. The predicted molar refractivity (Wildman–Crippen MR) is 85.9 cm³/mol. The number of aryl methyl sites for hydroxylation is 4. The zero-order valence-electron chi connectivity index (χ0n) is 13.0. The Labute approximate surface area is 134 Å². The molecule has 5 nitrogen and oxygen atoms in total. The third kappa shape index (κ3) is 2.19. The maximum atomic E-state index is 5.47. The maximum Gasteiger partial charge on any atom is 0.278 e. The summed E-state index contributed by atoms with van der Waals surface area (Å²) in [6, 6.07) is 8.58. The van der Waals surface area contributed by atoms with E-state index in [-0.39, 0.29) is 0 Å². The topological polar surface area (TPSA) is 56.7 Å². The Morgan fingerprint density at radius 2 is 1.91 bits per heavy atom. The lowest BCUT2D eigenvalue weighted by Crippen LogP contribution is -2.10. The van der Waals surface area contributed by atoms with Crippen molar-refractivity contribution < 1.29 is 4.52 Å². The average molecular weight is 306 g/mol. The summed E-state index contributed by atoms with van der Waals surface area (Å²) in [5.74, 6) is 1.17. The maximum absolute atomic E-state index is 5.47. The number of rotatable bonds is 2. The Kier molecular flexibility index (Phi) is 2.86. The molecule has 0 amide bonds. The molecule has 0 saturated carbocycles. The van der Waals surface area contributed by atoms with Crippen molar-refractivity contribution in [3.8, 4) is 23.0 Å². The molecule has 5 rings (SSSR count). The molecule has 0 spiro atoms. The lowest BCUT2D eigenvalue weighted by molar-refractivity contribution is 0.429. The van der Waals surface area contributed by atoms with Crippen molar-refractivity contribution in [1.82, 2.24) is 19.9 Å². The summed E-state index contributed by atoms with van der Waals surface area (Å²) in [7, 11) is 0. The van der Waals surface area contributed by atoms with Gasteiger partial charge in [-0.2, -0.15) is 10.1 Å². The SMILES string of the molecule is c1cc2c(cc1-c1noc(-c3cc4n(n3)CCCC4)n1)CCC2. The Morgan fingerprint density at radius 1 is 0.957 bits per heavy atom. The summed E-state index contributed by atoms with van der Waals surface area (Å²) in [4.78, 5) is 4.57. The van der Waals surface area contributed by atoms with Gasteiger partial charge in [0.2, 0.25) is 5.82 Å². The normalized spacial score (nSPS) is 16.3. The Hall–Kier alpha value is -2.43. The molecule has 5 heteroatoms. The van der Waals surface area contributed by atoms with Crippen molar-refractivity contribution in [3.05, 3.63) is 41.1 Å². The van der Waals surface area contributed by atoms with Gasteiger partial charge in [-0.15, -0.1) is 0 Å². The number of benzene rings is 1. The number of fused-ring (bicyclic) bond motifs is 2. The van der Waals surface area contributed by atoms with Gasteiger partial charge in [-0.3, -0.25) is 4.68 Å². The van der Waals surface area contributed by atoms with Gasteiger partial charge in [0.1, 0.15) is 0 Å². The van der Waals surface area contributed by atoms with Crippen LogP contribution in [0, 0.1) is 0 Å². The fourth-order valence-electron chi connectivity index (χ4n) is 3.68. The number of hydrogen-bond donors (Lipinski definition) is 0. The highest BCUT2D eigenvalue weighted by molar-refractivity contribution is 5.60. The third-order valence-electron chi connectivity index (χ3n) is 4.92. The van der Waals surface area contributed by atoms with Crippen molar-refractivity contribution in [2.75, 3.05) is 0 Å². The first-order valence-corrected chi connectivity index (χ1v) is 8.40. The molecule has 3 aromatic rings. The minimum Gasteiger partial charge on any atom is -0.332 e. The molecule has 0 radical (unpaired) electrons. The third-order valence-corrected chi connectivity index (χ3v) is 4.92. The molecule has 2 aliphatic rings. The van der Waals surface area contributed by atoms with Crippen molar-refractivity contribution in [2.45, 2.75) is 45.1 Å². The summed E-state index contributed by atoms with van der Waals surface area (Å²) in [5, 5.41) is 8.77. The van der Waals surface area contributed by atoms with Gasteiger partial charge in [0.15, 0.2) is 5.69 Å². The molecule has 0 atom stereocenters. The van der Waals surface area contributed by atoms with Crippen molar-refractivity contribution >= 4 is 0 Å². The first kappa shape index (κ1) is 13.0. The Balaban J connectivity index is 1.49. The van der Waals surface area contributed by atoms with Crippen LogP contribution < -0.4 is 0 Å². The molecule has 1 aliphatic carbocycles. The van der Waals surface area contributed by atoms with E-state index >= 15 is 0 Å². The van der Waals surface area contributed by atoms with Crippen molar-refractivity contribution in [2.24, 2.45) is 0 Å². The lowest BCUT2D eigenvalue weighted by Gasteiger charge is -2.11. The van der Waals surface area contributed by atoms with Gasteiger partial charge in [-0.05, 0) is 61.8 Å². The fraction of sp³-hybridized carbons (Fsp3) is 0.389. The van der Waals surface area contributed by atoms with Crippen molar-refractivity contribution in [1.29, 1.82) is 0 Å². The molecule has 1 aliphatic heterocycles. The number of nitrogens with zero attached hydrogens (tertiary/aromatic N) is 4. The van der Waals surface area contributed by atoms with E-state index in [2.05, 4.69) is 44.2 Å². The van der Waals surface area contributed by atoms with Gasteiger partial charge >= 0.3 is 0 Å². The van der Waals surface area contributed by atoms with Gasteiger partial charge in [-0.25, -0.2) is 0 Å². The smallest absolute Gasteiger partial charge is 0.278 e. The molecule has 1 aromatic carbocycles. The summed E-state index contributed by atoms with van der Waals surface area (Å²) in [6.07, 6.45) is 7.10. The predicted octanol–water partition coefficient (Wildman–Crippen LogP) is 3.43. The standard InChI is InChI=1S/C18H18N4O/c1-2-9-22-15(6-1)11-16(20-22)18-19-17(21-23-18)14-8-7-12-4-3-5-13(12)10-14/h7-8,10-11H,1-6,9H2. The molecule has 3 heterocycles. The second-order valence-electron chi connectivity index (χ2n) is 6.46. The van der Waals surface area contributed by atoms with E-state index < -0.39 is 0 Å². The zero-order chi connectivity index (χ0) is 15.2. The van der Waals surface area contributed by atoms with Gasteiger partial charge < -0.3 is 4.52 Å². The Morgan fingerprint density at radius 3 is 2.87 bits per heavy atom. The van der Waals surface area contributed by atoms with E-state index in [1.165, 1.54) is 42.5 Å².